The largest absolute Gasteiger partial charge is 0.481 e. The summed E-state index contributed by atoms with van der Waals surface area (Å²) in [5, 5.41) is 10.6. The number of hydrogen-bond donors (Lipinski definition) is 1. The van der Waals surface area contributed by atoms with Crippen LogP contribution in [-0.4, -0.2) is 44.4 Å². The smallest absolute Gasteiger partial charge is 0.303 e. The number of nitrogens with zero attached hydrogens (tertiary/aromatic N) is 3. The number of rotatable bonds is 4. The number of aliphatic carboxylic acids is 1. The van der Waals surface area contributed by atoms with Gasteiger partial charge < -0.3 is 10.0 Å². The Balaban J connectivity index is 1.55. The molecule has 1 fully saturated rings. The van der Waals surface area contributed by atoms with E-state index in [1.54, 1.807) is 4.90 Å². The van der Waals surface area contributed by atoms with Crippen LogP contribution in [0.2, 0.25) is 0 Å². The monoisotopic (exact) mass is 279 g/mol. The van der Waals surface area contributed by atoms with Crippen LogP contribution < -0.4 is 0 Å². The van der Waals surface area contributed by atoms with Crippen molar-refractivity contribution in [3.63, 3.8) is 0 Å². The maximum atomic E-state index is 12.0. The molecule has 2 aromatic rings. The molecule has 0 atom stereocenters. The Morgan fingerprint density at radius 2 is 2.26 bits per heavy atom. The third-order valence-electron chi connectivity index (χ3n) is 3.25. The third-order valence-corrected chi connectivity index (χ3v) is 4.02. The van der Waals surface area contributed by atoms with Gasteiger partial charge in [0.2, 0.25) is 5.91 Å². The molecule has 1 saturated heterocycles. The van der Waals surface area contributed by atoms with E-state index in [0.29, 0.717) is 13.1 Å². The molecule has 6 nitrogen and oxygen atoms in total. The minimum Gasteiger partial charge on any atom is -0.481 e. The summed E-state index contributed by atoms with van der Waals surface area (Å²) < 4.78 is 1.90. The van der Waals surface area contributed by atoms with E-state index in [2.05, 4.69) is 4.98 Å². The van der Waals surface area contributed by atoms with Crippen LogP contribution >= 0.6 is 11.3 Å². The number of carboxylic acids is 1. The fourth-order valence-corrected chi connectivity index (χ4v) is 3.00. The summed E-state index contributed by atoms with van der Waals surface area (Å²) in [6, 6.07) is 0. The molecule has 1 aliphatic rings. The lowest BCUT2D eigenvalue weighted by molar-refractivity contribution is -0.144. The van der Waals surface area contributed by atoms with Crippen molar-refractivity contribution in [2.24, 2.45) is 5.92 Å². The van der Waals surface area contributed by atoms with Gasteiger partial charge in [-0.25, -0.2) is 4.98 Å². The van der Waals surface area contributed by atoms with Crippen molar-refractivity contribution in [3.8, 4) is 0 Å². The number of thiazole rings is 1. The van der Waals surface area contributed by atoms with E-state index in [0.717, 1.165) is 10.7 Å². The molecular weight excluding hydrogens is 266 g/mol. The second kappa shape index (κ2) is 4.65. The molecule has 0 unspecified atom stereocenters. The van der Waals surface area contributed by atoms with Crippen molar-refractivity contribution in [1.29, 1.82) is 0 Å². The minimum atomic E-state index is -0.800. The normalized spacial score (nSPS) is 15.7. The van der Waals surface area contributed by atoms with Gasteiger partial charge in [-0.05, 0) is 0 Å². The van der Waals surface area contributed by atoms with Crippen molar-refractivity contribution in [3.05, 3.63) is 23.5 Å². The van der Waals surface area contributed by atoms with Crippen LogP contribution in [0.25, 0.3) is 4.96 Å². The molecule has 0 bridgehead atoms. The van der Waals surface area contributed by atoms with Crippen LogP contribution in [0.3, 0.4) is 0 Å². The molecule has 2 aromatic heterocycles. The van der Waals surface area contributed by atoms with E-state index in [1.165, 1.54) is 11.3 Å². The van der Waals surface area contributed by atoms with Gasteiger partial charge in [0.1, 0.15) is 0 Å². The van der Waals surface area contributed by atoms with Crippen molar-refractivity contribution >= 4 is 28.2 Å². The van der Waals surface area contributed by atoms with Gasteiger partial charge in [-0.2, -0.15) is 0 Å². The third kappa shape index (κ3) is 2.46. The van der Waals surface area contributed by atoms with E-state index in [-0.39, 0.29) is 24.7 Å². The van der Waals surface area contributed by atoms with Crippen molar-refractivity contribution in [1.82, 2.24) is 14.3 Å². The highest BCUT2D eigenvalue weighted by molar-refractivity contribution is 7.15. The van der Waals surface area contributed by atoms with Gasteiger partial charge >= 0.3 is 5.97 Å². The zero-order valence-corrected chi connectivity index (χ0v) is 11.0. The molecular formula is C12H13N3O3S. The van der Waals surface area contributed by atoms with E-state index in [4.69, 9.17) is 5.11 Å². The summed E-state index contributed by atoms with van der Waals surface area (Å²) in [7, 11) is 0. The van der Waals surface area contributed by atoms with Crippen LogP contribution in [0.1, 0.15) is 12.1 Å². The fourth-order valence-electron chi connectivity index (χ4n) is 2.28. The topological polar surface area (TPSA) is 74.9 Å². The maximum absolute atomic E-state index is 12.0. The van der Waals surface area contributed by atoms with Crippen molar-refractivity contribution in [2.75, 3.05) is 13.1 Å². The number of amides is 1. The fraction of sp³-hybridized carbons (Fsp3) is 0.417. The second-order valence-electron chi connectivity index (χ2n) is 4.76. The Bertz CT molecular complexity index is 598. The van der Waals surface area contributed by atoms with E-state index in [9.17, 15) is 9.59 Å². The molecule has 7 heteroatoms. The predicted octanol–water partition coefficient (Wildman–Crippen LogP) is 0.871. The first-order valence-corrected chi connectivity index (χ1v) is 6.90. The molecule has 0 saturated carbocycles. The van der Waals surface area contributed by atoms with Gasteiger partial charge in [0, 0.05) is 36.8 Å². The number of carbonyl (C=O) groups is 2. The first-order chi connectivity index (χ1) is 9.11. The number of aromatic nitrogens is 2. The van der Waals surface area contributed by atoms with Crippen LogP contribution in [-0.2, 0) is 16.0 Å². The van der Waals surface area contributed by atoms with Gasteiger partial charge in [0.05, 0.1) is 18.5 Å². The van der Waals surface area contributed by atoms with Gasteiger partial charge in [0.15, 0.2) is 4.96 Å². The summed E-state index contributed by atoms with van der Waals surface area (Å²) in [6.45, 7) is 1.10. The Hall–Kier alpha value is -1.89. The highest BCUT2D eigenvalue weighted by Gasteiger charge is 2.32. The van der Waals surface area contributed by atoms with Crippen molar-refractivity contribution in [2.45, 2.75) is 12.8 Å². The quantitative estimate of drug-likeness (QED) is 0.901. The first kappa shape index (κ1) is 12.2. The van der Waals surface area contributed by atoms with Crippen molar-refractivity contribution < 1.29 is 14.7 Å². The van der Waals surface area contributed by atoms with Crippen LogP contribution in [0.15, 0.2) is 17.8 Å². The minimum absolute atomic E-state index is 0.0207. The molecule has 19 heavy (non-hydrogen) atoms. The molecule has 100 valence electrons. The molecule has 1 aliphatic heterocycles. The highest BCUT2D eigenvalue weighted by Crippen LogP contribution is 2.20. The first-order valence-electron chi connectivity index (χ1n) is 6.02. The lowest BCUT2D eigenvalue weighted by Gasteiger charge is -2.38. The molecule has 1 N–H and O–H groups in total. The second-order valence-corrected chi connectivity index (χ2v) is 5.64. The summed E-state index contributed by atoms with van der Waals surface area (Å²) >= 11 is 1.53. The molecule has 0 aliphatic carbocycles. The van der Waals surface area contributed by atoms with E-state index in [1.807, 2.05) is 22.2 Å². The Morgan fingerprint density at radius 3 is 2.95 bits per heavy atom. The SMILES string of the molecule is O=C(O)CC1CN(C(=O)Cc2cn3ccsc3n2)C1. The Morgan fingerprint density at radius 1 is 1.47 bits per heavy atom. The Kier molecular flexibility index (Phi) is 2.98. The number of likely N-dealkylation sites (tertiary alicyclic amines) is 1. The molecule has 0 aromatic carbocycles. The summed E-state index contributed by atoms with van der Waals surface area (Å²) in [5.41, 5.74) is 0.763. The average Bonchev–Trinajstić information content (AvgIpc) is 2.82. The predicted molar refractivity (Wildman–Crippen MR) is 69.1 cm³/mol. The van der Waals surface area contributed by atoms with Gasteiger partial charge in [-0.3, -0.25) is 14.0 Å². The molecule has 3 heterocycles. The van der Waals surface area contributed by atoms with Crippen LogP contribution in [0.4, 0.5) is 0 Å². The Labute approximate surface area is 113 Å². The van der Waals surface area contributed by atoms with Gasteiger partial charge in [-0.1, -0.05) is 0 Å². The zero-order chi connectivity index (χ0) is 13.4. The lowest BCUT2D eigenvalue weighted by Crippen LogP contribution is -2.51. The van der Waals surface area contributed by atoms with Crippen LogP contribution in [0.5, 0.6) is 0 Å². The summed E-state index contributed by atoms with van der Waals surface area (Å²) in [6.07, 6.45) is 4.20. The van der Waals surface area contributed by atoms with Gasteiger partial charge in [0.25, 0.3) is 0 Å². The standard InChI is InChI=1S/C12H13N3O3S/c16-10(15-5-8(6-15)3-11(17)18)4-9-7-14-1-2-19-12(14)13-9/h1-2,7-8H,3-6H2,(H,17,18). The maximum Gasteiger partial charge on any atom is 0.303 e. The number of carboxylic acid groups (broad SMARTS) is 1. The summed E-state index contributed by atoms with van der Waals surface area (Å²) in [5.74, 6) is -0.675. The zero-order valence-electron chi connectivity index (χ0n) is 10.2. The highest BCUT2D eigenvalue weighted by atomic mass is 32.1. The number of carbonyl (C=O) groups excluding carboxylic acids is 1. The number of hydrogen-bond acceptors (Lipinski definition) is 4. The lowest BCUT2D eigenvalue weighted by atomic mass is 9.96. The molecule has 0 spiro atoms. The van der Waals surface area contributed by atoms with E-state index < -0.39 is 5.97 Å². The molecule has 0 radical (unpaired) electrons. The van der Waals surface area contributed by atoms with E-state index >= 15 is 0 Å². The van der Waals surface area contributed by atoms with Gasteiger partial charge in [-0.15, -0.1) is 11.3 Å². The number of fused-ring (bicyclic) bond motifs is 1. The molecule has 3 rings (SSSR count). The number of imidazole rings is 1. The summed E-state index contributed by atoms with van der Waals surface area (Å²) in [4.78, 5) is 29.4. The average molecular weight is 279 g/mol. The molecule has 1 amide bonds. The van der Waals surface area contributed by atoms with Crippen LogP contribution in [0, 0.1) is 5.92 Å².